The molecule has 8 nitrogen and oxygen atoms in total. The standard InChI is InChI=1S/C25H37N5O3S2.C2H6/c1-7-10-22-24(25(19(5)34)28(6)27-22)26-18(4)21-17-20(11-12-23(21)33-9-3)35(31,32)30-15-13-29(8-2)14-16-30;1-2/h11-12,17H,7-10,13-16H2,1-6H3;1-2H3. The third-order valence-corrected chi connectivity index (χ3v) is 8.34. The Hall–Kier alpha value is -2.14. The normalized spacial score (nSPS) is 15.3. The van der Waals surface area contributed by atoms with Gasteiger partial charge in [0.25, 0.3) is 0 Å². The maximum Gasteiger partial charge on any atom is 0.243 e. The van der Waals surface area contributed by atoms with Gasteiger partial charge in [0.15, 0.2) is 0 Å². The predicted molar refractivity (Wildman–Crippen MR) is 156 cm³/mol. The molecule has 0 N–H and O–H groups in total. The second-order valence-electron chi connectivity index (χ2n) is 8.70. The highest BCUT2D eigenvalue weighted by Gasteiger charge is 2.29. The van der Waals surface area contributed by atoms with Crippen LogP contribution in [-0.4, -0.2) is 77.3 Å². The largest absolute Gasteiger partial charge is 0.493 e. The molecule has 206 valence electrons. The van der Waals surface area contributed by atoms with E-state index in [-0.39, 0.29) is 4.90 Å². The van der Waals surface area contributed by atoms with E-state index in [9.17, 15) is 8.42 Å². The van der Waals surface area contributed by atoms with Gasteiger partial charge >= 0.3 is 0 Å². The molecule has 1 aromatic heterocycles. The number of sulfonamides is 1. The van der Waals surface area contributed by atoms with Crippen LogP contribution < -0.4 is 4.74 Å². The molecule has 0 saturated carbocycles. The van der Waals surface area contributed by atoms with Crippen LogP contribution in [0.5, 0.6) is 5.75 Å². The van der Waals surface area contributed by atoms with Crippen molar-refractivity contribution < 1.29 is 13.2 Å². The van der Waals surface area contributed by atoms with E-state index >= 15 is 0 Å². The van der Waals surface area contributed by atoms with Crippen LogP contribution in [0.1, 0.15) is 71.8 Å². The number of likely N-dealkylation sites (N-methyl/N-ethyl adjacent to an activating group) is 1. The fraction of sp³-hybridized carbons (Fsp3) is 0.593. The fourth-order valence-corrected chi connectivity index (χ4v) is 6.06. The Morgan fingerprint density at radius 1 is 1.11 bits per heavy atom. The number of rotatable bonds is 10. The quantitative estimate of drug-likeness (QED) is 0.236. The number of aliphatic imine (C=N–C) groups is 1. The first-order chi connectivity index (χ1) is 17.6. The lowest BCUT2D eigenvalue weighted by Gasteiger charge is -2.33. The lowest BCUT2D eigenvalue weighted by atomic mass is 10.1. The Morgan fingerprint density at radius 3 is 2.30 bits per heavy atom. The first-order valence-corrected chi connectivity index (χ1v) is 15.1. The average molecular weight is 550 g/mol. The summed E-state index contributed by atoms with van der Waals surface area (Å²) < 4.78 is 36.1. The van der Waals surface area contributed by atoms with Gasteiger partial charge < -0.3 is 9.64 Å². The number of benzene rings is 1. The molecule has 0 aliphatic carbocycles. The van der Waals surface area contributed by atoms with Crippen LogP contribution in [0.4, 0.5) is 5.69 Å². The summed E-state index contributed by atoms with van der Waals surface area (Å²) in [5, 5.41) is 4.64. The number of thiocarbonyl (C=S) groups is 1. The number of ether oxygens (including phenoxy) is 1. The smallest absolute Gasteiger partial charge is 0.243 e. The van der Waals surface area contributed by atoms with E-state index in [4.69, 9.17) is 21.9 Å². The molecule has 1 aliphatic rings. The summed E-state index contributed by atoms with van der Waals surface area (Å²) in [5.74, 6) is 0.602. The zero-order valence-electron chi connectivity index (χ0n) is 23.7. The van der Waals surface area contributed by atoms with Crippen molar-refractivity contribution in [2.45, 2.75) is 66.2 Å². The summed E-state index contributed by atoms with van der Waals surface area (Å²) in [6, 6.07) is 5.04. The Morgan fingerprint density at radius 2 is 1.76 bits per heavy atom. The molecule has 0 amide bonds. The summed E-state index contributed by atoms with van der Waals surface area (Å²) in [6.07, 6.45) is 1.71. The first kappa shape index (κ1) is 31.1. The van der Waals surface area contributed by atoms with Crippen molar-refractivity contribution in [3.63, 3.8) is 0 Å². The molecule has 3 rings (SSSR count). The van der Waals surface area contributed by atoms with Crippen molar-refractivity contribution in [2.24, 2.45) is 12.0 Å². The van der Waals surface area contributed by atoms with Crippen molar-refractivity contribution >= 4 is 38.5 Å². The van der Waals surface area contributed by atoms with Gasteiger partial charge in [-0.15, -0.1) is 0 Å². The third kappa shape index (κ3) is 7.25. The van der Waals surface area contributed by atoms with E-state index in [1.807, 2.05) is 41.7 Å². The maximum absolute atomic E-state index is 13.5. The molecule has 0 radical (unpaired) electrons. The highest BCUT2D eigenvalue weighted by molar-refractivity contribution is 7.89. The molecule has 1 aromatic carbocycles. The van der Waals surface area contributed by atoms with Crippen LogP contribution in [0, 0.1) is 0 Å². The van der Waals surface area contributed by atoms with E-state index in [1.165, 1.54) is 0 Å². The number of hydrogen-bond acceptors (Lipinski definition) is 7. The molecule has 2 aromatic rings. The van der Waals surface area contributed by atoms with Gasteiger partial charge in [0.2, 0.25) is 10.0 Å². The van der Waals surface area contributed by atoms with Gasteiger partial charge in [-0.3, -0.25) is 4.68 Å². The van der Waals surface area contributed by atoms with Gasteiger partial charge in [-0.05, 0) is 51.9 Å². The number of piperazine rings is 1. The topological polar surface area (TPSA) is 80.0 Å². The van der Waals surface area contributed by atoms with Gasteiger partial charge in [0, 0.05) is 49.4 Å². The van der Waals surface area contributed by atoms with E-state index in [0.717, 1.165) is 49.6 Å². The summed E-state index contributed by atoms with van der Waals surface area (Å²) in [4.78, 5) is 8.16. The molecular formula is C27H43N5O3S2. The second-order valence-corrected chi connectivity index (χ2v) is 11.3. The minimum atomic E-state index is -3.63. The van der Waals surface area contributed by atoms with Crippen LogP contribution in [0.15, 0.2) is 28.1 Å². The second kappa shape index (κ2) is 14.1. The average Bonchev–Trinajstić information content (AvgIpc) is 3.20. The summed E-state index contributed by atoms with van der Waals surface area (Å²) >= 11 is 5.49. The highest BCUT2D eigenvalue weighted by atomic mass is 32.2. The van der Waals surface area contributed by atoms with E-state index in [0.29, 0.717) is 41.6 Å². The lowest BCUT2D eigenvalue weighted by molar-refractivity contribution is 0.196. The van der Waals surface area contributed by atoms with Crippen molar-refractivity contribution in [2.75, 3.05) is 39.3 Å². The lowest BCUT2D eigenvalue weighted by Crippen LogP contribution is -2.48. The van der Waals surface area contributed by atoms with E-state index in [1.54, 1.807) is 27.2 Å². The van der Waals surface area contributed by atoms with Crippen molar-refractivity contribution in [3.05, 3.63) is 35.2 Å². The van der Waals surface area contributed by atoms with Crippen LogP contribution in [0.25, 0.3) is 0 Å². The molecule has 0 bridgehead atoms. The molecule has 0 atom stereocenters. The van der Waals surface area contributed by atoms with Gasteiger partial charge in [-0.25, -0.2) is 13.4 Å². The maximum atomic E-state index is 13.5. The number of hydrogen-bond donors (Lipinski definition) is 0. The van der Waals surface area contributed by atoms with Crippen molar-refractivity contribution in [1.29, 1.82) is 0 Å². The minimum absolute atomic E-state index is 0.252. The molecule has 0 unspecified atom stereocenters. The van der Waals surface area contributed by atoms with E-state index in [2.05, 4.69) is 23.8 Å². The Kier molecular flexibility index (Phi) is 11.9. The molecule has 10 heteroatoms. The minimum Gasteiger partial charge on any atom is -0.493 e. The van der Waals surface area contributed by atoms with Gasteiger partial charge in [-0.1, -0.05) is 46.3 Å². The van der Waals surface area contributed by atoms with Crippen LogP contribution >= 0.6 is 12.2 Å². The van der Waals surface area contributed by atoms with Gasteiger partial charge in [0.1, 0.15) is 17.1 Å². The zero-order valence-corrected chi connectivity index (χ0v) is 25.3. The Labute approximate surface area is 228 Å². The van der Waals surface area contributed by atoms with Crippen molar-refractivity contribution in [1.82, 2.24) is 19.0 Å². The number of aromatic nitrogens is 2. The Bertz CT molecular complexity index is 1200. The summed E-state index contributed by atoms with van der Waals surface area (Å²) in [6.45, 7) is 17.7. The first-order valence-electron chi connectivity index (χ1n) is 13.3. The van der Waals surface area contributed by atoms with Crippen LogP contribution in [-0.2, 0) is 23.5 Å². The molecule has 1 saturated heterocycles. The van der Waals surface area contributed by atoms with E-state index < -0.39 is 10.0 Å². The molecule has 1 fully saturated rings. The molecule has 37 heavy (non-hydrogen) atoms. The third-order valence-electron chi connectivity index (χ3n) is 6.25. The Balaban J connectivity index is 0.00000235. The number of aryl methyl sites for hydroxylation is 2. The predicted octanol–water partition coefficient (Wildman–Crippen LogP) is 5.00. The molecule has 2 heterocycles. The van der Waals surface area contributed by atoms with Gasteiger partial charge in [-0.2, -0.15) is 9.40 Å². The monoisotopic (exact) mass is 549 g/mol. The summed E-state index contributed by atoms with van der Waals surface area (Å²) in [5.41, 5.74) is 3.73. The zero-order chi connectivity index (χ0) is 27.8. The summed E-state index contributed by atoms with van der Waals surface area (Å²) in [7, 11) is -1.76. The molecule has 0 spiro atoms. The van der Waals surface area contributed by atoms with Crippen LogP contribution in [0.2, 0.25) is 0 Å². The highest BCUT2D eigenvalue weighted by Crippen LogP contribution is 2.30. The fourth-order valence-electron chi connectivity index (χ4n) is 4.38. The van der Waals surface area contributed by atoms with Crippen LogP contribution in [0.3, 0.4) is 0 Å². The molecule has 1 aliphatic heterocycles. The molecular weight excluding hydrogens is 506 g/mol. The van der Waals surface area contributed by atoms with Gasteiger partial charge in [0.05, 0.1) is 17.2 Å². The number of nitrogens with zero attached hydrogens (tertiary/aromatic N) is 5. The SMILES string of the molecule is CC.CCCc1nn(C)c(C(C)=S)c1N=C(C)c1cc(S(=O)(=O)N2CCN(CC)CC2)ccc1OCC. The van der Waals surface area contributed by atoms with Crippen molar-refractivity contribution in [3.8, 4) is 5.75 Å².